The van der Waals surface area contributed by atoms with Gasteiger partial charge in [0.05, 0.1) is 13.7 Å². The van der Waals surface area contributed by atoms with E-state index in [9.17, 15) is 9.18 Å². The first-order chi connectivity index (χ1) is 11.6. The number of carbonyl (C=O) groups is 1. The van der Waals surface area contributed by atoms with Crippen molar-refractivity contribution < 1.29 is 18.7 Å². The van der Waals surface area contributed by atoms with Crippen LogP contribution < -0.4 is 10.1 Å². The van der Waals surface area contributed by atoms with Gasteiger partial charge in [-0.15, -0.1) is 0 Å². The van der Waals surface area contributed by atoms with Crippen molar-refractivity contribution in [3.8, 4) is 5.75 Å². The minimum Gasteiger partial charge on any atom is -0.494 e. The van der Waals surface area contributed by atoms with Crippen LogP contribution in [0, 0.1) is 5.82 Å². The van der Waals surface area contributed by atoms with Crippen molar-refractivity contribution in [2.45, 2.75) is 25.3 Å². The number of nitrogens with one attached hydrogen (secondary N) is 1. The second-order valence-electron chi connectivity index (χ2n) is 5.75. The summed E-state index contributed by atoms with van der Waals surface area (Å²) in [6.45, 7) is 2.07. The minimum atomic E-state index is -0.455. The van der Waals surface area contributed by atoms with E-state index < -0.39 is 6.09 Å². The molecule has 2 aromatic rings. The fourth-order valence-electron chi connectivity index (χ4n) is 3.34. The van der Waals surface area contributed by atoms with Gasteiger partial charge in [-0.3, -0.25) is 0 Å². The lowest BCUT2D eigenvalue weighted by Crippen LogP contribution is -2.38. The topological polar surface area (TPSA) is 47.6 Å². The molecule has 24 heavy (non-hydrogen) atoms. The summed E-state index contributed by atoms with van der Waals surface area (Å²) in [6.07, 6.45) is 0.0953. The molecule has 3 rings (SSSR count). The smallest absolute Gasteiger partial charge is 0.407 e. The van der Waals surface area contributed by atoms with Gasteiger partial charge in [0.25, 0.3) is 0 Å². The molecule has 1 amide bonds. The Morgan fingerprint density at radius 2 is 2.04 bits per heavy atom. The van der Waals surface area contributed by atoms with Crippen LogP contribution in [0.15, 0.2) is 42.5 Å². The number of hydrogen-bond acceptors (Lipinski definition) is 3. The van der Waals surface area contributed by atoms with Crippen LogP contribution in [0.3, 0.4) is 0 Å². The Labute approximate surface area is 140 Å². The average molecular weight is 329 g/mol. The van der Waals surface area contributed by atoms with Gasteiger partial charge in [-0.05, 0) is 42.2 Å². The zero-order chi connectivity index (χ0) is 17.1. The zero-order valence-electron chi connectivity index (χ0n) is 13.7. The van der Waals surface area contributed by atoms with Crippen molar-refractivity contribution in [1.29, 1.82) is 0 Å². The van der Waals surface area contributed by atoms with Gasteiger partial charge in [0.15, 0.2) is 11.6 Å². The summed E-state index contributed by atoms with van der Waals surface area (Å²) in [5.74, 6) is -0.244. The molecule has 0 fully saturated rings. The molecule has 0 spiro atoms. The monoisotopic (exact) mass is 329 g/mol. The number of methoxy groups -OCH3 is 1. The van der Waals surface area contributed by atoms with Crippen molar-refractivity contribution in [2.24, 2.45) is 0 Å². The summed E-state index contributed by atoms with van der Waals surface area (Å²) in [5.41, 5.74) is 2.91. The third kappa shape index (κ3) is 3.07. The van der Waals surface area contributed by atoms with Gasteiger partial charge in [-0.1, -0.05) is 30.3 Å². The molecule has 2 atom stereocenters. The molecule has 0 saturated carbocycles. The highest BCUT2D eigenvalue weighted by Gasteiger charge is 2.36. The number of ether oxygens (including phenoxy) is 2. The van der Waals surface area contributed by atoms with Gasteiger partial charge in [-0.25, -0.2) is 9.18 Å². The number of benzene rings is 2. The van der Waals surface area contributed by atoms with E-state index in [-0.39, 0.29) is 23.5 Å². The van der Waals surface area contributed by atoms with E-state index in [1.807, 2.05) is 30.3 Å². The number of fused-ring (bicyclic) bond motifs is 1. The van der Waals surface area contributed by atoms with Crippen molar-refractivity contribution in [2.75, 3.05) is 13.7 Å². The maximum Gasteiger partial charge on any atom is 0.407 e. The van der Waals surface area contributed by atoms with Gasteiger partial charge in [-0.2, -0.15) is 0 Å². The van der Waals surface area contributed by atoms with Gasteiger partial charge >= 0.3 is 6.09 Å². The molecule has 5 heteroatoms. The number of halogens is 1. The standard InChI is InChI=1S/C19H20FNO3/c1-3-24-19(22)21-16-10-13-9-15(20)17(23-2)11-14(13)18(16)12-7-5-4-6-8-12/h4-9,11,16,18H,3,10H2,1-2H3,(H,21,22)/t16-,18-/m1/s1. The highest BCUT2D eigenvalue weighted by molar-refractivity contribution is 5.68. The van der Waals surface area contributed by atoms with Crippen LogP contribution in [-0.2, 0) is 11.2 Å². The van der Waals surface area contributed by atoms with Crippen LogP contribution >= 0.6 is 0 Å². The van der Waals surface area contributed by atoms with Crippen LogP contribution in [0.25, 0.3) is 0 Å². The van der Waals surface area contributed by atoms with Gasteiger partial charge < -0.3 is 14.8 Å². The highest BCUT2D eigenvalue weighted by atomic mass is 19.1. The number of amides is 1. The summed E-state index contributed by atoms with van der Waals surface area (Å²) in [6, 6.07) is 12.9. The predicted molar refractivity (Wildman–Crippen MR) is 88.9 cm³/mol. The predicted octanol–water partition coefficient (Wildman–Crippen LogP) is 3.64. The fraction of sp³-hybridized carbons (Fsp3) is 0.316. The van der Waals surface area contributed by atoms with E-state index in [0.29, 0.717) is 13.0 Å². The van der Waals surface area contributed by atoms with Crippen molar-refractivity contribution in [3.63, 3.8) is 0 Å². The van der Waals surface area contributed by atoms with Crippen molar-refractivity contribution in [1.82, 2.24) is 5.32 Å². The van der Waals surface area contributed by atoms with Gasteiger partial charge in [0, 0.05) is 12.0 Å². The second kappa shape index (κ2) is 6.91. The SMILES string of the molecule is CCOC(=O)N[C@@H]1Cc2cc(F)c(OC)cc2[C@H]1c1ccccc1. The molecule has 0 bridgehead atoms. The molecular formula is C19H20FNO3. The van der Waals surface area contributed by atoms with E-state index in [4.69, 9.17) is 9.47 Å². The minimum absolute atomic E-state index is 0.0693. The molecule has 0 unspecified atom stereocenters. The summed E-state index contributed by atoms with van der Waals surface area (Å²) in [7, 11) is 1.45. The molecule has 1 N–H and O–H groups in total. The first-order valence-electron chi connectivity index (χ1n) is 7.98. The number of carbonyl (C=O) groups excluding carboxylic acids is 1. The third-order valence-corrected chi connectivity index (χ3v) is 4.33. The van der Waals surface area contributed by atoms with E-state index in [0.717, 1.165) is 16.7 Å². The molecule has 0 aromatic heterocycles. The Morgan fingerprint density at radius 3 is 2.71 bits per heavy atom. The van der Waals surface area contributed by atoms with Crippen LogP contribution in [0.4, 0.5) is 9.18 Å². The lowest BCUT2D eigenvalue weighted by Gasteiger charge is -2.22. The molecule has 4 nitrogen and oxygen atoms in total. The second-order valence-corrected chi connectivity index (χ2v) is 5.75. The number of hydrogen-bond donors (Lipinski definition) is 1. The van der Waals surface area contributed by atoms with Crippen LogP contribution in [-0.4, -0.2) is 25.9 Å². The zero-order valence-corrected chi connectivity index (χ0v) is 13.7. The van der Waals surface area contributed by atoms with Crippen LogP contribution in [0.2, 0.25) is 0 Å². The molecular weight excluding hydrogens is 309 g/mol. The Kier molecular flexibility index (Phi) is 4.69. The van der Waals surface area contributed by atoms with Gasteiger partial charge in [0.2, 0.25) is 0 Å². The lowest BCUT2D eigenvalue weighted by molar-refractivity contribution is 0.147. The Morgan fingerprint density at radius 1 is 1.29 bits per heavy atom. The van der Waals surface area contributed by atoms with E-state index in [1.54, 1.807) is 13.0 Å². The Hall–Kier alpha value is -2.56. The molecule has 0 aliphatic heterocycles. The highest BCUT2D eigenvalue weighted by Crippen LogP contribution is 2.41. The Bertz CT molecular complexity index is 733. The number of alkyl carbamates (subject to hydrolysis) is 1. The van der Waals surface area contributed by atoms with Crippen LogP contribution in [0.1, 0.15) is 29.5 Å². The Balaban J connectivity index is 2.00. The quantitative estimate of drug-likeness (QED) is 0.932. The number of rotatable bonds is 4. The largest absolute Gasteiger partial charge is 0.494 e. The summed E-state index contributed by atoms with van der Waals surface area (Å²) >= 11 is 0. The lowest BCUT2D eigenvalue weighted by atomic mass is 9.90. The molecule has 2 aromatic carbocycles. The van der Waals surface area contributed by atoms with Gasteiger partial charge in [0.1, 0.15) is 0 Å². The fourth-order valence-corrected chi connectivity index (χ4v) is 3.34. The average Bonchev–Trinajstić information content (AvgIpc) is 2.91. The summed E-state index contributed by atoms with van der Waals surface area (Å²) in [4.78, 5) is 11.9. The molecule has 126 valence electrons. The third-order valence-electron chi connectivity index (χ3n) is 4.33. The summed E-state index contributed by atoms with van der Waals surface area (Å²) < 4.78 is 24.2. The normalized spacial score (nSPS) is 18.8. The van der Waals surface area contributed by atoms with Crippen LogP contribution in [0.5, 0.6) is 5.75 Å². The van der Waals surface area contributed by atoms with E-state index in [2.05, 4.69) is 5.32 Å². The first kappa shape index (κ1) is 16.3. The molecule has 0 saturated heterocycles. The maximum absolute atomic E-state index is 14.0. The molecule has 0 radical (unpaired) electrons. The molecule has 1 aliphatic rings. The molecule has 1 aliphatic carbocycles. The maximum atomic E-state index is 14.0. The van der Waals surface area contributed by atoms with Crippen molar-refractivity contribution >= 4 is 6.09 Å². The first-order valence-corrected chi connectivity index (χ1v) is 7.98. The van der Waals surface area contributed by atoms with Crippen molar-refractivity contribution in [3.05, 3.63) is 65.0 Å². The van der Waals surface area contributed by atoms with E-state index >= 15 is 0 Å². The molecule has 0 heterocycles. The summed E-state index contributed by atoms with van der Waals surface area (Å²) in [5, 5.41) is 2.91. The van der Waals surface area contributed by atoms with E-state index in [1.165, 1.54) is 13.2 Å².